The molecule has 10 heteroatoms. The number of sulfonamides is 1. The lowest BCUT2D eigenvalue weighted by Crippen LogP contribution is -2.54. The van der Waals surface area contributed by atoms with Crippen molar-refractivity contribution in [1.82, 2.24) is 10.2 Å². The maximum atomic E-state index is 14.5. The Morgan fingerprint density at radius 1 is 0.773 bits per heavy atom. The first-order valence-electron chi connectivity index (χ1n) is 14.2. The Morgan fingerprint density at radius 2 is 1.34 bits per heavy atom. The molecule has 0 saturated heterocycles. The molecule has 0 unspecified atom stereocenters. The Bertz CT molecular complexity index is 1680. The van der Waals surface area contributed by atoms with E-state index in [0.717, 1.165) is 15.4 Å². The van der Waals surface area contributed by atoms with Crippen LogP contribution in [0.25, 0.3) is 0 Å². The maximum Gasteiger partial charge on any atom is 0.264 e. The molecule has 7 nitrogen and oxygen atoms in total. The van der Waals surface area contributed by atoms with Crippen LogP contribution in [0.3, 0.4) is 0 Å². The molecule has 2 amide bonds. The van der Waals surface area contributed by atoms with Gasteiger partial charge in [0, 0.05) is 29.1 Å². The van der Waals surface area contributed by atoms with Crippen LogP contribution in [0.1, 0.15) is 30.5 Å². The quantitative estimate of drug-likeness (QED) is 0.186. The van der Waals surface area contributed by atoms with Crippen molar-refractivity contribution in [2.24, 2.45) is 0 Å². The molecule has 4 aromatic rings. The number of aryl methyl sites for hydroxylation is 1. The number of carbonyl (C=O) groups excluding carboxylic acids is 2. The van der Waals surface area contributed by atoms with Crippen molar-refractivity contribution >= 4 is 50.7 Å². The fourth-order valence-electron chi connectivity index (χ4n) is 4.81. The number of carbonyl (C=O) groups is 2. The molecule has 0 radical (unpaired) electrons. The van der Waals surface area contributed by atoms with Gasteiger partial charge in [-0.15, -0.1) is 0 Å². The minimum atomic E-state index is -4.22. The molecule has 44 heavy (non-hydrogen) atoms. The van der Waals surface area contributed by atoms with E-state index in [9.17, 15) is 18.0 Å². The van der Waals surface area contributed by atoms with Gasteiger partial charge in [0.25, 0.3) is 10.0 Å². The molecular weight excluding hydrogens is 617 g/mol. The lowest BCUT2D eigenvalue weighted by molar-refractivity contribution is -0.140. The topological polar surface area (TPSA) is 86.8 Å². The Morgan fingerprint density at radius 3 is 1.93 bits per heavy atom. The normalized spacial score (nSPS) is 12.0. The van der Waals surface area contributed by atoms with E-state index in [2.05, 4.69) is 5.32 Å². The van der Waals surface area contributed by atoms with E-state index in [1.807, 2.05) is 44.2 Å². The zero-order chi connectivity index (χ0) is 31.9. The fourth-order valence-corrected chi connectivity index (χ4v) is 6.54. The zero-order valence-corrected chi connectivity index (χ0v) is 27.1. The third-order valence-electron chi connectivity index (χ3n) is 7.03. The van der Waals surface area contributed by atoms with Crippen molar-refractivity contribution in [2.75, 3.05) is 10.8 Å². The Hall–Kier alpha value is -3.85. The van der Waals surface area contributed by atoms with Gasteiger partial charge in [0.05, 0.1) is 10.6 Å². The van der Waals surface area contributed by atoms with Crippen LogP contribution in [0.4, 0.5) is 5.69 Å². The van der Waals surface area contributed by atoms with Crippen molar-refractivity contribution in [3.8, 4) is 0 Å². The van der Waals surface area contributed by atoms with Crippen molar-refractivity contribution < 1.29 is 18.0 Å². The molecule has 0 heterocycles. The van der Waals surface area contributed by atoms with Crippen molar-refractivity contribution in [1.29, 1.82) is 0 Å². The van der Waals surface area contributed by atoms with Crippen molar-refractivity contribution in [3.05, 3.63) is 130 Å². The molecule has 0 aliphatic rings. The maximum absolute atomic E-state index is 14.5. The number of hydrogen-bond donors (Lipinski definition) is 1. The van der Waals surface area contributed by atoms with E-state index in [1.165, 1.54) is 29.2 Å². The van der Waals surface area contributed by atoms with Gasteiger partial charge in [-0.1, -0.05) is 83.9 Å². The van der Waals surface area contributed by atoms with Crippen molar-refractivity contribution in [2.45, 2.75) is 50.7 Å². The second-order valence-electron chi connectivity index (χ2n) is 10.8. The molecule has 230 valence electrons. The van der Waals surface area contributed by atoms with Gasteiger partial charge in [-0.3, -0.25) is 13.9 Å². The summed E-state index contributed by atoms with van der Waals surface area (Å²) >= 11 is 12.2. The molecule has 1 N–H and O–H groups in total. The molecule has 0 aromatic heterocycles. The van der Waals surface area contributed by atoms with Crippen LogP contribution in [0, 0.1) is 6.92 Å². The van der Waals surface area contributed by atoms with E-state index >= 15 is 0 Å². The number of amides is 2. The van der Waals surface area contributed by atoms with Crippen LogP contribution in [0.15, 0.2) is 108 Å². The van der Waals surface area contributed by atoms with Gasteiger partial charge < -0.3 is 10.2 Å². The van der Waals surface area contributed by atoms with E-state index in [1.54, 1.807) is 55.5 Å². The molecule has 1 atom stereocenters. The molecule has 4 rings (SSSR count). The molecule has 0 bridgehead atoms. The number of rotatable bonds is 12. The molecule has 0 spiro atoms. The largest absolute Gasteiger partial charge is 0.352 e. The average Bonchev–Trinajstić information content (AvgIpc) is 2.99. The van der Waals surface area contributed by atoms with Gasteiger partial charge in [-0.25, -0.2) is 8.42 Å². The lowest BCUT2D eigenvalue weighted by atomic mass is 10.0. The smallest absolute Gasteiger partial charge is 0.264 e. The van der Waals surface area contributed by atoms with Gasteiger partial charge in [0.1, 0.15) is 12.6 Å². The number of nitrogens with one attached hydrogen (secondary N) is 1. The van der Waals surface area contributed by atoms with Crippen LogP contribution in [-0.2, 0) is 32.6 Å². The van der Waals surface area contributed by atoms with E-state index < -0.39 is 28.5 Å². The Kier molecular flexibility index (Phi) is 11.1. The number of benzene rings is 4. The first-order valence-corrected chi connectivity index (χ1v) is 16.4. The standard InChI is InChI=1S/C34H35Cl2N3O4S/c1-24(2)37-34(41)32(21-26-10-5-4-6-11-26)38(22-27-13-15-28(35)16-14-27)33(40)23-39(31-12-8-7-9-25(31)3)44(42,43)30-19-17-29(36)18-20-30/h4-20,24,32H,21-23H2,1-3H3,(H,37,41)/t32-/m1/s1. The predicted molar refractivity (Wildman–Crippen MR) is 176 cm³/mol. The average molecular weight is 653 g/mol. The van der Waals surface area contributed by atoms with Gasteiger partial charge in [0.15, 0.2) is 0 Å². The summed E-state index contributed by atoms with van der Waals surface area (Å²) in [6, 6.07) is 28.1. The highest BCUT2D eigenvalue weighted by atomic mass is 35.5. The third kappa shape index (κ3) is 8.40. The highest BCUT2D eigenvalue weighted by Crippen LogP contribution is 2.28. The first-order chi connectivity index (χ1) is 21.0. The van der Waals surface area contributed by atoms with Crippen LogP contribution in [-0.4, -0.2) is 43.8 Å². The number of nitrogens with zero attached hydrogens (tertiary/aromatic N) is 2. The van der Waals surface area contributed by atoms with Crippen LogP contribution >= 0.6 is 23.2 Å². The Balaban J connectivity index is 1.81. The number of para-hydroxylation sites is 1. The second kappa shape index (κ2) is 14.8. The lowest BCUT2D eigenvalue weighted by Gasteiger charge is -2.34. The van der Waals surface area contributed by atoms with Gasteiger partial charge in [-0.2, -0.15) is 0 Å². The Labute approximate surface area is 269 Å². The fraction of sp³-hybridized carbons (Fsp3) is 0.235. The minimum absolute atomic E-state index is 0.0133. The summed E-state index contributed by atoms with van der Waals surface area (Å²) < 4.78 is 29.3. The summed E-state index contributed by atoms with van der Waals surface area (Å²) in [6.45, 7) is 5.00. The van der Waals surface area contributed by atoms with E-state index in [-0.39, 0.29) is 29.8 Å². The summed E-state index contributed by atoms with van der Waals surface area (Å²) in [5.41, 5.74) is 2.62. The molecular formula is C34H35Cl2N3O4S. The van der Waals surface area contributed by atoms with E-state index in [4.69, 9.17) is 23.2 Å². The summed E-state index contributed by atoms with van der Waals surface area (Å²) in [4.78, 5) is 29.6. The monoisotopic (exact) mass is 651 g/mol. The predicted octanol–water partition coefficient (Wildman–Crippen LogP) is 6.66. The van der Waals surface area contributed by atoms with Gasteiger partial charge in [0.2, 0.25) is 11.8 Å². The summed E-state index contributed by atoms with van der Waals surface area (Å²) in [7, 11) is -4.22. The van der Waals surface area contributed by atoms with Gasteiger partial charge in [-0.05, 0) is 79.9 Å². The summed E-state index contributed by atoms with van der Waals surface area (Å²) in [5.74, 6) is -0.880. The highest BCUT2D eigenvalue weighted by Gasteiger charge is 2.35. The molecule has 0 saturated carbocycles. The first kappa shape index (κ1) is 33.1. The second-order valence-corrected chi connectivity index (χ2v) is 13.5. The number of anilines is 1. The zero-order valence-electron chi connectivity index (χ0n) is 24.8. The van der Waals surface area contributed by atoms with Crippen LogP contribution in [0.2, 0.25) is 10.0 Å². The number of halogens is 2. The molecule has 4 aromatic carbocycles. The third-order valence-corrected chi connectivity index (χ3v) is 9.31. The number of hydrogen-bond acceptors (Lipinski definition) is 4. The van der Waals surface area contributed by atoms with Crippen molar-refractivity contribution in [3.63, 3.8) is 0 Å². The van der Waals surface area contributed by atoms with Crippen LogP contribution < -0.4 is 9.62 Å². The van der Waals surface area contributed by atoms with E-state index in [0.29, 0.717) is 21.3 Å². The molecule has 0 aliphatic heterocycles. The molecule has 0 fully saturated rings. The molecule has 0 aliphatic carbocycles. The minimum Gasteiger partial charge on any atom is -0.352 e. The highest BCUT2D eigenvalue weighted by molar-refractivity contribution is 7.92. The SMILES string of the molecule is Cc1ccccc1N(CC(=O)N(Cc1ccc(Cl)cc1)[C@H](Cc1ccccc1)C(=O)NC(C)C)S(=O)(=O)c1ccc(Cl)cc1. The van der Waals surface area contributed by atoms with Gasteiger partial charge >= 0.3 is 0 Å². The van der Waals surface area contributed by atoms with Crippen LogP contribution in [0.5, 0.6) is 0 Å². The summed E-state index contributed by atoms with van der Waals surface area (Å²) in [5, 5.41) is 3.87. The summed E-state index contributed by atoms with van der Waals surface area (Å²) in [6.07, 6.45) is 0.229.